The summed E-state index contributed by atoms with van der Waals surface area (Å²) in [5.74, 6) is 1.20. The van der Waals surface area contributed by atoms with Gasteiger partial charge < -0.3 is 19.7 Å². The van der Waals surface area contributed by atoms with Crippen molar-refractivity contribution in [3.63, 3.8) is 0 Å². The first-order valence-corrected chi connectivity index (χ1v) is 9.56. The van der Waals surface area contributed by atoms with E-state index in [1.54, 1.807) is 29.2 Å². The van der Waals surface area contributed by atoms with Crippen LogP contribution in [0.25, 0.3) is 0 Å². The zero-order valence-corrected chi connectivity index (χ0v) is 16.5. The standard InChI is InChI=1S/C22H26N2O4/c1-4-24(13-18-14-27-19-7-5-6-8-20(19)28-18)22(26)16-9-11-17(12-10-16)23-21(25)15(2)3/h5-12,15,18H,4,13-14H2,1-3H3,(H,23,25). The van der Waals surface area contributed by atoms with Gasteiger partial charge in [-0.15, -0.1) is 0 Å². The van der Waals surface area contributed by atoms with Crippen molar-refractivity contribution in [3.8, 4) is 11.5 Å². The van der Waals surface area contributed by atoms with Crippen LogP contribution in [0.15, 0.2) is 48.5 Å². The molecule has 6 heteroatoms. The minimum Gasteiger partial charge on any atom is -0.486 e. The average molecular weight is 382 g/mol. The van der Waals surface area contributed by atoms with E-state index in [0.717, 1.165) is 5.75 Å². The Morgan fingerprint density at radius 2 is 1.79 bits per heavy atom. The van der Waals surface area contributed by atoms with Crippen molar-refractivity contribution in [1.82, 2.24) is 4.90 Å². The quantitative estimate of drug-likeness (QED) is 0.829. The summed E-state index contributed by atoms with van der Waals surface area (Å²) >= 11 is 0. The summed E-state index contributed by atoms with van der Waals surface area (Å²) in [6.07, 6.45) is -0.219. The van der Waals surface area contributed by atoms with Crippen LogP contribution in [-0.2, 0) is 4.79 Å². The van der Waals surface area contributed by atoms with E-state index in [2.05, 4.69) is 5.32 Å². The SMILES string of the molecule is CCN(CC1COc2ccccc2O1)C(=O)c1ccc(NC(=O)C(C)C)cc1. The lowest BCUT2D eigenvalue weighted by molar-refractivity contribution is -0.118. The van der Waals surface area contributed by atoms with Crippen molar-refractivity contribution in [2.24, 2.45) is 5.92 Å². The van der Waals surface area contributed by atoms with Gasteiger partial charge >= 0.3 is 0 Å². The highest BCUT2D eigenvalue weighted by Gasteiger charge is 2.25. The molecule has 0 aromatic heterocycles. The van der Waals surface area contributed by atoms with E-state index in [9.17, 15) is 9.59 Å². The second kappa shape index (κ2) is 8.78. The van der Waals surface area contributed by atoms with Crippen LogP contribution in [0.2, 0.25) is 0 Å². The zero-order chi connectivity index (χ0) is 20.1. The monoisotopic (exact) mass is 382 g/mol. The normalized spacial score (nSPS) is 15.2. The van der Waals surface area contributed by atoms with E-state index in [1.807, 2.05) is 45.0 Å². The van der Waals surface area contributed by atoms with E-state index in [-0.39, 0.29) is 23.8 Å². The predicted octanol–water partition coefficient (Wildman–Crippen LogP) is 3.58. The van der Waals surface area contributed by atoms with Crippen LogP contribution in [0.5, 0.6) is 11.5 Å². The Balaban J connectivity index is 1.63. The summed E-state index contributed by atoms with van der Waals surface area (Å²) in [5, 5.41) is 2.83. The fourth-order valence-corrected chi connectivity index (χ4v) is 2.92. The number of amides is 2. The molecule has 6 nitrogen and oxygen atoms in total. The van der Waals surface area contributed by atoms with Crippen molar-refractivity contribution in [2.45, 2.75) is 26.9 Å². The van der Waals surface area contributed by atoms with Crippen LogP contribution in [-0.4, -0.2) is 42.5 Å². The number of rotatable bonds is 6. The van der Waals surface area contributed by atoms with Crippen LogP contribution >= 0.6 is 0 Å². The number of likely N-dealkylation sites (N-methyl/N-ethyl adjacent to an activating group) is 1. The van der Waals surface area contributed by atoms with Gasteiger partial charge in [0.1, 0.15) is 6.61 Å². The number of anilines is 1. The molecule has 0 radical (unpaired) electrons. The highest BCUT2D eigenvalue weighted by Crippen LogP contribution is 2.31. The predicted molar refractivity (Wildman–Crippen MR) is 108 cm³/mol. The number of hydrogen-bond acceptors (Lipinski definition) is 4. The molecule has 28 heavy (non-hydrogen) atoms. The van der Waals surface area contributed by atoms with E-state index in [4.69, 9.17) is 9.47 Å². The number of benzene rings is 2. The minimum atomic E-state index is -0.219. The largest absolute Gasteiger partial charge is 0.486 e. The molecule has 2 aromatic carbocycles. The smallest absolute Gasteiger partial charge is 0.253 e. The molecule has 1 aliphatic heterocycles. The molecule has 1 aliphatic rings. The van der Waals surface area contributed by atoms with Gasteiger partial charge in [-0.25, -0.2) is 0 Å². The third-order valence-corrected chi connectivity index (χ3v) is 4.58. The second-order valence-corrected chi connectivity index (χ2v) is 7.06. The van der Waals surface area contributed by atoms with Crippen LogP contribution in [0.1, 0.15) is 31.1 Å². The van der Waals surface area contributed by atoms with Crippen molar-refractivity contribution >= 4 is 17.5 Å². The van der Waals surface area contributed by atoms with E-state index < -0.39 is 0 Å². The number of hydrogen-bond donors (Lipinski definition) is 1. The highest BCUT2D eigenvalue weighted by molar-refractivity contribution is 5.96. The summed E-state index contributed by atoms with van der Waals surface area (Å²) in [6.45, 7) is 7.01. The first-order chi connectivity index (χ1) is 13.5. The van der Waals surface area contributed by atoms with Crippen LogP contribution < -0.4 is 14.8 Å². The van der Waals surface area contributed by atoms with Gasteiger partial charge in [0.25, 0.3) is 5.91 Å². The number of para-hydroxylation sites is 2. The molecule has 0 fully saturated rings. The van der Waals surface area contributed by atoms with Crippen molar-refractivity contribution in [1.29, 1.82) is 0 Å². The zero-order valence-electron chi connectivity index (χ0n) is 16.5. The first-order valence-electron chi connectivity index (χ1n) is 9.56. The first kappa shape index (κ1) is 19.7. The Bertz CT molecular complexity index is 833. The molecule has 1 heterocycles. The molecule has 1 atom stereocenters. The molecular formula is C22H26N2O4. The molecule has 1 unspecified atom stereocenters. The van der Waals surface area contributed by atoms with Gasteiger partial charge in [0, 0.05) is 23.7 Å². The topological polar surface area (TPSA) is 67.9 Å². The number of fused-ring (bicyclic) bond motifs is 1. The molecule has 0 bridgehead atoms. The summed E-state index contributed by atoms with van der Waals surface area (Å²) in [5.41, 5.74) is 1.25. The molecule has 0 saturated heterocycles. The minimum absolute atomic E-state index is 0.0519. The fraction of sp³-hybridized carbons (Fsp3) is 0.364. The van der Waals surface area contributed by atoms with Crippen LogP contribution in [0.3, 0.4) is 0 Å². The lowest BCUT2D eigenvalue weighted by Crippen LogP contribution is -2.43. The molecule has 0 spiro atoms. The van der Waals surface area contributed by atoms with Crippen LogP contribution in [0, 0.1) is 5.92 Å². The van der Waals surface area contributed by atoms with Crippen LogP contribution in [0.4, 0.5) is 5.69 Å². The van der Waals surface area contributed by atoms with Crippen molar-refractivity contribution in [2.75, 3.05) is 25.0 Å². The maximum Gasteiger partial charge on any atom is 0.253 e. The molecule has 0 saturated carbocycles. The molecular weight excluding hydrogens is 356 g/mol. The van der Waals surface area contributed by atoms with Gasteiger partial charge in [-0.05, 0) is 43.3 Å². The number of carbonyl (C=O) groups is 2. The van der Waals surface area contributed by atoms with E-state index in [0.29, 0.717) is 36.7 Å². The van der Waals surface area contributed by atoms with Gasteiger partial charge in [0.2, 0.25) is 5.91 Å². The summed E-state index contributed by atoms with van der Waals surface area (Å²) < 4.78 is 11.7. The molecule has 1 N–H and O–H groups in total. The van der Waals surface area contributed by atoms with Gasteiger partial charge in [-0.3, -0.25) is 9.59 Å². The van der Waals surface area contributed by atoms with Crippen molar-refractivity contribution < 1.29 is 19.1 Å². The third kappa shape index (κ3) is 4.63. The molecule has 0 aliphatic carbocycles. The number of nitrogens with one attached hydrogen (secondary N) is 1. The van der Waals surface area contributed by atoms with Gasteiger partial charge in [-0.2, -0.15) is 0 Å². The van der Waals surface area contributed by atoms with Gasteiger partial charge in [0.15, 0.2) is 17.6 Å². The molecule has 2 amide bonds. The van der Waals surface area contributed by atoms with E-state index in [1.165, 1.54) is 0 Å². The highest BCUT2D eigenvalue weighted by atomic mass is 16.6. The molecule has 2 aromatic rings. The molecule has 148 valence electrons. The lowest BCUT2D eigenvalue weighted by Gasteiger charge is -2.31. The Morgan fingerprint density at radius 1 is 1.11 bits per heavy atom. The summed E-state index contributed by atoms with van der Waals surface area (Å²) in [6, 6.07) is 14.5. The Labute approximate surface area is 165 Å². The number of carbonyl (C=O) groups excluding carboxylic acids is 2. The maximum absolute atomic E-state index is 12.9. The fourth-order valence-electron chi connectivity index (χ4n) is 2.92. The van der Waals surface area contributed by atoms with E-state index >= 15 is 0 Å². The lowest BCUT2D eigenvalue weighted by atomic mass is 10.1. The molecule has 3 rings (SSSR count). The Kier molecular flexibility index (Phi) is 6.19. The maximum atomic E-state index is 12.9. The Morgan fingerprint density at radius 3 is 2.43 bits per heavy atom. The number of nitrogens with zero attached hydrogens (tertiary/aromatic N) is 1. The summed E-state index contributed by atoms with van der Waals surface area (Å²) in [7, 11) is 0. The summed E-state index contributed by atoms with van der Waals surface area (Å²) in [4.78, 5) is 26.4. The van der Waals surface area contributed by atoms with Gasteiger partial charge in [-0.1, -0.05) is 26.0 Å². The van der Waals surface area contributed by atoms with Crippen molar-refractivity contribution in [3.05, 3.63) is 54.1 Å². The second-order valence-electron chi connectivity index (χ2n) is 7.06. The third-order valence-electron chi connectivity index (χ3n) is 4.58. The van der Waals surface area contributed by atoms with Gasteiger partial charge in [0.05, 0.1) is 6.54 Å². The average Bonchev–Trinajstić information content (AvgIpc) is 2.71. The number of ether oxygens (including phenoxy) is 2. The Hall–Kier alpha value is -3.02.